The van der Waals surface area contributed by atoms with Gasteiger partial charge in [-0.05, 0) is 81.4 Å². The van der Waals surface area contributed by atoms with E-state index in [0.29, 0.717) is 29.3 Å². The monoisotopic (exact) mass is 506 g/mol. The van der Waals surface area contributed by atoms with Crippen LogP contribution in [0.15, 0.2) is 35.4 Å². The molecule has 0 amide bonds. The second-order valence-corrected chi connectivity index (χ2v) is 13.2. The van der Waals surface area contributed by atoms with Crippen LogP contribution < -0.4 is 9.80 Å². The number of pyridine rings is 2. The lowest BCUT2D eigenvalue weighted by atomic mass is 9.85. The first-order valence-corrected chi connectivity index (χ1v) is 14.8. The van der Waals surface area contributed by atoms with Gasteiger partial charge in [0.25, 0.3) is 0 Å². The zero-order valence-corrected chi connectivity index (χ0v) is 23.5. The van der Waals surface area contributed by atoms with Gasteiger partial charge in [-0.3, -0.25) is 4.90 Å². The fourth-order valence-corrected chi connectivity index (χ4v) is 8.03. The maximum atomic E-state index is 5.12. The number of aryl methyl sites for hydroxylation is 1. The second-order valence-electron chi connectivity index (χ2n) is 12.2. The fourth-order valence-electron chi connectivity index (χ4n) is 6.96. The molecular weight excluding hydrogens is 464 g/mol. The molecule has 0 radical (unpaired) electrons. The Labute approximate surface area is 221 Å². The smallest absolute Gasteiger partial charge is 0.129 e. The summed E-state index contributed by atoms with van der Waals surface area (Å²) >= 11 is 1.96. The average Bonchev–Trinajstić information content (AvgIpc) is 3.56. The minimum Gasteiger partial charge on any atom is -0.355 e. The van der Waals surface area contributed by atoms with Crippen LogP contribution in [0.5, 0.6) is 0 Å². The number of likely N-dealkylation sites (tertiary alicyclic amines) is 2. The lowest BCUT2D eigenvalue weighted by Crippen LogP contribution is -2.59. The molecule has 4 unspecified atom stereocenters. The lowest BCUT2D eigenvalue weighted by Gasteiger charge is -2.48. The summed E-state index contributed by atoms with van der Waals surface area (Å²) in [6, 6.07) is 11.7. The Bertz CT molecular complexity index is 1110. The number of likely N-dealkylation sites (N-methyl/N-ethyl adjacent to an activating group) is 2. The third kappa shape index (κ3) is 4.41. The normalized spacial score (nSPS) is 30.6. The Morgan fingerprint density at radius 3 is 2.58 bits per heavy atom. The van der Waals surface area contributed by atoms with E-state index in [1.165, 1.54) is 48.0 Å². The number of aromatic nitrogens is 2. The zero-order valence-electron chi connectivity index (χ0n) is 22.7. The van der Waals surface area contributed by atoms with E-state index in [-0.39, 0.29) is 0 Å². The Kier molecular flexibility index (Phi) is 6.45. The number of nitrogens with zero attached hydrogens (tertiary/aromatic N) is 6. The molecule has 6 nitrogen and oxygen atoms in total. The van der Waals surface area contributed by atoms with Gasteiger partial charge in [-0.1, -0.05) is 19.9 Å². The zero-order chi connectivity index (χ0) is 25.0. The first kappa shape index (κ1) is 24.5. The van der Waals surface area contributed by atoms with Gasteiger partial charge in [-0.25, -0.2) is 9.97 Å². The third-order valence-corrected chi connectivity index (χ3v) is 10.5. The Morgan fingerprint density at radius 1 is 1.03 bits per heavy atom. The number of thioether (sulfide) groups is 1. The summed E-state index contributed by atoms with van der Waals surface area (Å²) in [5.41, 5.74) is 2.94. The van der Waals surface area contributed by atoms with Crippen molar-refractivity contribution in [3.05, 3.63) is 41.6 Å². The summed E-state index contributed by atoms with van der Waals surface area (Å²) in [6.07, 6.45) is 2.60. The minimum absolute atomic E-state index is 0.404. The first-order chi connectivity index (χ1) is 17.3. The molecule has 6 rings (SSSR count). The van der Waals surface area contributed by atoms with Gasteiger partial charge in [0.1, 0.15) is 11.6 Å². The molecule has 0 aromatic carbocycles. The van der Waals surface area contributed by atoms with Crippen molar-refractivity contribution in [1.29, 1.82) is 0 Å². The van der Waals surface area contributed by atoms with Gasteiger partial charge in [-0.2, -0.15) is 0 Å². The van der Waals surface area contributed by atoms with Crippen molar-refractivity contribution in [3.63, 3.8) is 0 Å². The second kappa shape index (κ2) is 9.48. The molecule has 4 aliphatic heterocycles. The Balaban J connectivity index is 1.15. The molecule has 0 saturated carbocycles. The molecule has 2 aromatic rings. The van der Waals surface area contributed by atoms with Gasteiger partial charge in [0.15, 0.2) is 0 Å². The molecular formula is C29H42N6S. The van der Waals surface area contributed by atoms with Crippen molar-refractivity contribution in [2.75, 3.05) is 68.9 Å². The molecule has 2 aromatic heterocycles. The Hall–Kier alpha value is -1.83. The predicted octanol–water partition coefficient (Wildman–Crippen LogP) is 4.35. The maximum Gasteiger partial charge on any atom is 0.129 e. The summed E-state index contributed by atoms with van der Waals surface area (Å²) in [4.78, 5) is 20.4. The van der Waals surface area contributed by atoms with E-state index in [4.69, 9.17) is 9.97 Å². The number of hydrogen-bond acceptors (Lipinski definition) is 7. The number of rotatable bonds is 6. The molecule has 36 heavy (non-hydrogen) atoms. The SMILES string of the molecule is Cc1cc(C(C)C)nc(N2CC(CSc3cccc(N4CCC5(CCN5C)C4)n3)C3CN(C)CC32)c1. The van der Waals surface area contributed by atoms with Crippen LogP contribution in [0.2, 0.25) is 0 Å². The molecule has 7 heteroatoms. The van der Waals surface area contributed by atoms with Crippen molar-refractivity contribution in [2.45, 2.75) is 56.1 Å². The summed E-state index contributed by atoms with van der Waals surface area (Å²) in [5, 5.41) is 1.17. The van der Waals surface area contributed by atoms with Crippen LogP contribution in [0.25, 0.3) is 0 Å². The van der Waals surface area contributed by atoms with E-state index >= 15 is 0 Å². The van der Waals surface area contributed by atoms with Crippen molar-refractivity contribution in [3.8, 4) is 0 Å². The number of fused-ring (bicyclic) bond motifs is 1. The van der Waals surface area contributed by atoms with Crippen molar-refractivity contribution >= 4 is 23.4 Å². The summed E-state index contributed by atoms with van der Waals surface area (Å²) in [7, 11) is 4.55. The molecule has 4 aliphatic rings. The van der Waals surface area contributed by atoms with Gasteiger partial charge in [0, 0.05) is 62.3 Å². The highest BCUT2D eigenvalue weighted by Crippen LogP contribution is 2.42. The first-order valence-electron chi connectivity index (χ1n) is 13.8. The lowest BCUT2D eigenvalue weighted by molar-refractivity contribution is 0.0307. The van der Waals surface area contributed by atoms with Crippen LogP contribution in [0, 0.1) is 18.8 Å². The van der Waals surface area contributed by atoms with E-state index in [2.05, 4.69) is 84.8 Å². The van der Waals surface area contributed by atoms with Crippen LogP contribution in [0.1, 0.15) is 43.9 Å². The number of hydrogen-bond donors (Lipinski definition) is 0. The average molecular weight is 507 g/mol. The molecule has 4 atom stereocenters. The third-order valence-electron chi connectivity index (χ3n) is 9.35. The van der Waals surface area contributed by atoms with Crippen LogP contribution in [0.3, 0.4) is 0 Å². The predicted molar refractivity (Wildman–Crippen MR) is 150 cm³/mol. The van der Waals surface area contributed by atoms with Gasteiger partial charge in [0.2, 0.25) is 0 Å². The molecule has 0 N–H and O–H groups in total. The van der Waals surface area contributed by atoms with Crippen molar-refractivity contribution in [1.82, 2.24) is 19.8 Å². The van der Waals surface area contributed by atoms with Gasteiger partial charge in [0.05, 0.1) is 5.03 Å². The van der Waals surface area contributed by atoms with Crippen LogP contribution in [0.4, 0.5) is 11.6 Å². The van der Waals surface area contributed by atoms with Gasteiger partial charge >= 0.3 is 0 Å². The van der Waals surface area contributed by atoms with E-state index in [0.717, 1.165) is 37.7 Å². The largest absolute Gasteiger partial charge is 0.355 e. The minimum atomic E-state index is 0.404. The molecule has 0 bridgehead atoms. The molecule has 4 saturated heterocycles. The highest BCUT2D eigenvalue weighted by atomic mass is 32.2. The van der Waals surface area contributed by atoms with Gasteiger partial charge in [-0.15, -0.1) is 11.8 Å². The maximum absolute atomic E-state index is 5.12. The molecule has 0 aliphatic carbocycles. The standard InChI is InChI=1S/C29H42N6S/c1-20(2)24-13-21(3)14-27(30-24)35-15-22(23-16-32(4)17-25(23)35)18-36-28-8-6-7-26(31-28)34-12-10-29(19-34)9-11-33(29)5/h6-8,13-14,20,22-23,25H,9-12,15-19H2,1-5H3. The molecule has 194 valence electrons. The Morgan fingerprint density at radius 2 is 1.86 bits per heavy atom. The molecule has 4 fully saturated rings. The van der Waals surface area contributed by atoms with Crippen LogP contribution in [-0.4, -0.2) is 90.5 Å². The van der Waals surface area contributed by atoms with E-state index in [9.17, 15) is 0 Å². The van der Waals surface area contributed by atoms with Crippen molar-refractivity contribution in [2.24, 2.45) is 11.8 Å². The van der Waals surface area contributed by atoms with E-state index in [1.807, 2.05) is 11.8 Å². The number of anilines is 2. The topological polar surface area (TPSA) is 38.7 Å². The summed E-state index contributed by atoms with van der Waals surface area (Å²) in [5.74, 6) is 5.27. The highest BCUT2D eigenvalue weighted by Gasteiger charge is 2.48. The van der Waals surface area contributed by atoms with Gasteiger partial charge < -0.3 is 14.7 Å². The molecule has 6 heterocycles. The molecule has 1 spiro atoms. The van der Waals surface area contributed by atoms with Crippen molar-refractivity contribution < 1.29 is 0 Å². The highest BCUT2D eigenvalue weighted by molar-refractivity contribution is 7.99. The van der Waals surface area contributed by atoms with E-state index in [1.54, 1.807) is 0 Å². The summed E-state index contributed by atoms with van der Waals surface area (Å²) in [6.45, 7) is 13.6. The summed E-state index contributed by atoms with van der Waals surface area (Å²) < 4.78 is 0. The van der Waals surface area contributed by atoms with Crippen LogP contribution in [-0.2, 0) is 0 Å². The fraction of sp³-hybridized carbons (Fsp3) is 0.655. The van der Waals surface area contributed by atoms with Crippen LogP contribution >= 0.6 is 11.8 Å². The quantitative estimate of drug-likeness (QED) is 0.539. The van der Waals surface area contributed by atoms with E-state index < -0.39 is 0 Å².